The fraction of sp³-hybridized carbons (Fsp3) is 0.955. The first-order valence-corrected chi connectivity index (χ1v) is 10.6. The Bertz CT molecular complexity index is 271. The summed E-state index contributed by atoms with van der Waals surface area (Å²) < 4.78 is 0. The molecule has 0 aromatic rings. The highest BCUT2D eigenvalue weighted by Gasteiger charge is 2.26. The lowest BCUT2D eigenvalue weighted by Gasteiger charge is -2.24. The predicted molar refractivity (Wildman–Crippen MR) is 104 cm³/mol. The zero-order chi connectivity index (χ0) is 17.4. The molecule has 0 aliphatic carbocycles. The van der Waals surface area contributed by atoms with Gasteiger partial charge >= 0.3 is 0 Å². The van der Waals surface area contributed by atoms with Crippen molar-refractivity contribution in [2.75, 3.05) is 0 Å². The van der Waals surface area contributed by atoms with Crippen LogP contribution < -0.4 is 0 Å². The standard InChI is InChI=1S/C22H44O/c1-5-7-8-9-10-11-12-13-14-15-16-17-18-19-20-22(4,6-2)21(3)23/h5-20H2,1-4H3. The van der Waals surface area contributed by atoms with E-state index in [1.807, 2.05) is 0 Å². The fourth-order valence-corrected chi connectivity index (χ4v) is 3.31. The van der Waals surface area contributed by atoms with E-state index < -0.39 is 0 Å². The molecule has 0 saturated carbocycles. The number of Topliss-reactive ketones (excluding diaryl/α,β-unsaturated/α-hetero) is 1. The Morgan fingerprint density at radius 3 is 1.30 bits per heavy atom. The zero-order valence-electron chi connectivity index (χ0n) is 16.7. The van der Waals surface area contributed by atoms with Crippen LogP contribution in [0.2, 0.25) is 0 Å². The summed E-state index contributed by atoms with van der Waals surface area (Å²) in [7, 11) is 0. The van der Waals surface area contributed by atoms with Crippen LogP contribution >= 0.6 is 0 Å². The number of ketones is 1. The molecular weight excluding hydrogens is 280 g/mol. The van der Waals surface area contributed by atoms with Gasteiger partial charge in [0.15, 0.2) is 0 Å². The van der Waals surface area contributed by atoms with Crippen molar-refractivity contribution >= 4 is 5.78 Å². The molecule has 1 unspecified atom stereocenters. The highest BCUT2D eigenvalue weighted by molar-refractivity contribution is 5.81. The molecule has 0 fully saturated rings. The van der Waals surface area contributed by atoms with Gasteiger partial charge in [0, 0.05) is 5.41 Å². The number of rotatable bonds is 17. The zero-order valence-corrected chi connectivity index (χ0v) is 16.7. The highest BCUT2D eigenvalue weighted by atomic mass is 16.1. The van der Waals surface area contributed by atoms with Crippen molar-refractivity contribution in [1.29, 1.82) is 0 Å². The molecule has 23 heavy (non-hydrogen) atoms. The normalized spacial score (nSPS) is 13.9. The third kappa shape index (κ3) is 12.7. The third-order valence-corrected chi connectivity index (χ3v) is 5.71. The highest BCUT2D eigenvalue weighted by Crippen LogP contribution is 2.29. The van der Waals surface area contributed by atoms with E-state index in [0.717, 1.165) is 12.8 Å². The number of hydrogen-bond donors (Lipinski definition) is 0. The fourth-order valence-electron chi connectivity index (χ4n) is 3.31. The molecule has 0 N–H and O–H groups in total. The number of hydrogen-bond acceptors (Lipinski definition) is 1. The molecule has 0 heterocycles. The SMILES string of the molecule is CCCCCCCCCCCCCCCCC(C)(CC)C(C)=O. The summed E-state index contributed by atoms with van der Waals surface area (Å²) >= 11 is 0. The molecule has 0 radical (unpaired) electrons. The van der Waals surface area contributed by atoms with Gasteiger partial charge in [0.05, 0.1) is 0 Å². The van der Waals surface area contributed by atoms with E-state index in [2.05, 4.69) is 20.8 Å². The molecule has 0 aromatic carbocycles. The van der Waals surface area contributed by atoms with Gasteiger partial charge in [-0.25, -0.2) is 0 Å². The smallest absolute Gasteiger partial charge is 0.135 e. The van der Waals surface area contributed by atoms with Crippen LogP contribution in [-0.4, -0.2) is 5.78 Å². The first-order chi connectivity index (χ1) is 11.1. The Labute approximate surface area is 147 Å². The Hall–Kier alpha value is -0.330. The van der Waals surface area contributed by atoms with Crippen LogP contribution in [0.3, 0.4) is 0 Å². The summed E-state index contributed by atoms with van der Waals surface area (Å²) in [6, 6.07) is 0. The van der Waals surface area contributed by atoms with Crippen LogP contribution in [-0.2, 0) is 4.79 Å². The lowest BCUT2D eigenvalue weighted by Crippen LogP contribution is -2.24. The monoisotopic (exact) mass is 324 g/mol. The van der Waals surface area contributed by atoms with E-state index in [4.69, 9.17) is 0 Å². The first-order valence-electron chi connectivity index (χ1n) is 10.6. The van der Waals surface area contributed by atoms with Gasteiger partial charge in [-0.1, -0.05) is 111 Å². The molecule has 0 saturated heterocycles. The Morgan fingerprint density at radius 2 is 1.00 bits per heavy atom. The molecule has 1 heteroatoms. The van der Waals surface area contributed by atoms with Gasteiger partial charge in [0.25, 0.3) is 0 Å². The Balaban J connectivity index is 3.26. The van der Waals surface area contributed by atoms with Crippen molar-refractivity contribution in [3.8, 4) is 0 Å². The lowest BCUT2D eigenvalue weighted by molar-refractivity contribution is -0.126. The van der Waals surface area contributed by atoms with Gasteiger partial charge in [-0.15, -0.1) is 0 Å². The molecule has 0 aliphatic rings. The second-order valence-corrected chi connectivity index (χ2v) is 7.82. The number of carbonyl (C=O) groups excluding carboxylic acids is 1. The molecule has 0 spiro atoms. The third-order valence-electron chi connectivity index (χ3n) is 5.71. The topological polar surface area (TPSA) is 17.1 Å². The van der Waals surface area contributed by atoms with E-state index in [0.29, 0.717) is 5.78 Å². The van der Waals surface area contributed by atoms with Gasteiger partial charge in [0.2, 0.25) is 0 Å². The maximum absolute atomic E-state index is 11.7. The summed E-state index contributed by atoms with van der Waals surface area (Å²) in [5.74, 6) is 0.370. The maximum atomic E-state index is 11.7. The van der Waals surface area contributed by atoms with Crippen molar-refractivity contribution in [3.05, 3.63) is 0 Å². The summed E-state index contributed by atoms with van der Waals surface area (Å²) in [4.78, 5) is 11.7. The van der Waals surface area contributed by atoms with E-state index in [1.165, 1.54) is 89.9 Å². The van der Waals surface area contributed by atoms with Crippen LogP contribution in [0.5, 0.6) is 0 Å². The van der Waals surface area contributed by atoms with Crippen LogP contribution in [0.15, 0.2) is 0 Å². The lowest BCUT2D eigenvalue weighted by atomic mass is 9.79. The molecule has 0 rings (SSSR count). The summed E-state index contributed by atoms with van der Waals surface area (Å²) in [6.07, 6.45) is 21.6. The first kappa shape index (κ1) is 22.7. The van der Waals surface area contributed by atoms with Crippen molar-refractivity contribution in [3.63, 3.8) is 0 Å². The summed E-state index contributed by atoms with van der Waals surface area (Å²) in [5.41, 5.74) is -0.0584. The molecule has 0 aromatic heterocycles. The van der Waals surface area contributed by atoms with E-state index in [-0.39, 0.29) is 5.41 Å². The van der Waals surface area contributed by atoms with E-state index >= 15 is 0 Å². The average Bonchev–Trinajstić information content (AvgIpc) is 2.54. The second-order valence-electron chi connectivity index (χ2n) is 7.82. The van der Waals surface area contributed by atoms with E-state index in [9.17, 15) is 4.79 Å². The van der Waals surface area contributed by atoms with Crippen molar-refractivity contribution < 1.29 is 4.79 Å². The Morgan fingerprint density at radius 1 is 0.652 bits per heavy atom. The van der Waals surface area contributed by atoms with Crippen molar-refractivity contribution in [2.45, 2.75) is 130 Å². The minimum atomic E-state index is -0.0584. The Kier molecular flexibility index (Phi) is 15.0. The number of carbonyl (C=O) groups is 1. The molecule has 0 amide bonds. The quantitative estimate of drug-likeness (QED) is 0.249. The van der Waals surface area contributed by atoms with Crippen LogP contribution in [0.25, 0.3) is 0 Å². The average molecular weight is 325 g/mol. The van der Waals surface area contributed by atoms with Crippen LogP contribution in [0, 0.1) is 5.41 Å². The minimum Gasteiger partial charge on any atom is -0.299 e. The van der Waals surface area contributed by atoms with Gasteiger partial charge in [-0.2, -0.15) is 0 Å². The number of unbranched alkanes of at least 4 members (excludes halogenated alkanes) is 13. The second kappa shape index (κ2) is 15.2. The van der Waals surface area contributed by atoms with E-state index in [1.54, 1.807) is 6.92 Å². The summed E-state index contributed by atoms with van der Waals surface area (Å²) in [6.45, 7) is 8.32. The molecule has 1 atom stereocenters. The minimum absolute atomic E-state index is 0.0584. The summed E-state index contributed by atoms with van der Waals surface area (Å²) in [5, 5.41) is 0. The molecule has 138 valence electrons. The molecular formula is C22H44O. The van der Waals surface area contributed by atoms with Gasteiger partial charge in [-0.3, -0.25) is 4.79 Å². The maximum Gasteiger partial charge on any atom is 0.135 e. The van der Waals surface area contributed by atoms with Crippen LogP contribution in [0.1, 0.15) is 130 Å². The van der Waals surface area contributed by atoms with Gasteiger partial charge < -0.3 is 0 Å². The predicted octanol–water partition coefficient (Wildman–Crippen LogP) is 7.86. The van der Waals surface area contributed by atoms with Gasteiger partial charge in [-0.05, 0) is 19.8 Å². The molecule has 0 aliphatic heterocycles. The molecule has 1 nitrogen and oxygen atoms in total. The van der Waals surface area contributed by atoms with Crippen molar-refractivity contribution in [1.82, 2.24) is 0 Å². The van der Waals surface area contributed by atoms with Crippen molar-refractivity contribution in [2.24, 2.45) is 5.41 Å². The largest absolute Gasteiger partial charge is 0.299 e. The van der Waals surface area contributed by atoms with Crippen LogP contribution in [0.4, 0.5) is 0 Å². The van der Waals surface area contributed by atoms with Gasteiger partial charge in [0.1, 0.15) is 5.78 Å². The molecule has 0 bridgehead atoms.